The minimum absolute atomic E-state index is 0.0746. The number of aromatic hydroxyl groups is 1. The van der Waals surface area contributed by atoms with Crippen molar-refractivity contribution >= 4 is 27.4 Å². The van der Waals surface area contributed by atoms with Gasteiger partial charge in [-0.05, 0) is 53.1 Å². The fourth-order valence-electron chi connectivity index (χ4n) is 5.66. The minimum atomic E-state index is -4.23. The first kappa shape index (κ1) is 30.7. The van der Waals surface area contributed by atoms with E-state index in [1.807, 2.05) is 30.3 Å². The number of rotatable bonds is 9. The zero-order valence-electron chi connectivity index (χ0n) is 24.4. The normalized spacial score (nSPS) is 16.6. The molecule has 0 aliphatic carbocycles. The third kappa shape index (κ3) is 6.24. The second kappa shape index (κ2) is 12.6. The van der Waals surface area contributed by atoms with Crippen LogP contribution in [-0.4, -0.2) is 59.0 Å². The molecular formula is C34H29FN4O6S. The molecule has 6 rings (SSSR count). The number of Topliss-reactive ketones (excluding diaryl/α,β-unsaturated/α-hetero) is 1. The standard InChI is InChI=1S/C34H29FN4O6S/c35-25-14-8-21(9-15-25)17-27(38-33(42)24-12-10-23(11-13-24)22-5-2-1-3-6-22)34(43)39-31(18-26-32(39)30(41)19-37-26)46(44,45)20-28-29(40)7-4-16-36-28/h1-16,27,31,37,40H,17-20H2,(H,38,42). The van der Waals surface area contributed by atoms with Crippen molar-refractivity contribution in [2.45, 2.75) is 30.0 Å². The highest BCUT2D eigenvalue weighted by atomic mass is 32.2. The molecule has 3 aromatic carbocycles. The van der Waals surface area contributed by atoms with Gasteiger partial charge in [-0.2, -0.15) is 0 Å². The van der Waals surface area contributed by atoms with Crippen LogP contribution in [0.2, 0.25) is 0 Å². The maximum Gasteiger partial charge on any atom is 0.251 e. The summed E-state index contributed by atoms with van der Waals surface area (Å²) < 4.78 is 41.3. The molecule has 1 aromatic heterocycles. The minimum Gasteiger partial charge on any atom is -0.506 e. The highest BCUT2D eigenvalue weighted by Crippen LogP contribution is 2.36. The predicted molar refractivity (Wildman–Crippen MR) is 167 cm³/mol. The SMILES string of the molecule is O=C1CNC2=C1N(C(=O)C(Cc1ccc(F)cc1)NC(=O)c1ccc(-c3ccccc3)cc1)C(S(=O)(=O)Cc1ncccc1O)C2. The quantitative estimate of drug-likeness (QED) is 0.252. The molecular weight excluding hydrogens is 611 g/mol. The van der Waals surface area contributed by atoms with Gasteiger partial charge in [0, 0.05) is 30.3 Å². The summed E-state index contributed by atoms with van der Waals surface area (Å²) in [6, 6.07) is 23.1. The Bertz CT molecular complexity index is 1950. The molecule has 234 valence electrons. The number of hydrogen-bond donors (Lipinski definition) is 3. The molecule has 2 aliphatic heterocycles. The Morgan fingerprint density at radius 2 is 1.67 bits per heavy atom. The van der Waals surface area contributed by atoms with E-state index in [0.29, 0.717) is 11.3 Å². The van der Waals surface area contributed by atoms with Gasteiger partial charge in [-0.1, -0.05) is 54.6 Å². The van der Waals surface area contributed by atoms with Crippen molar-refractivity contribution in [2.24, 2.45) is 0 Å². The van der Waals surface area contributed by atoms with Gasteiger partial charge in [0.25, 0.3) is 11.8 Å². The monoisotopic (exact) mass is 640 g/mol. The largest absolute Gasteiger partial charge is 0.506 e. The fraction of sp³-hybridized carbons (Fsp3) is 0.176. The Kier molecular flexibility index (Phi) is 8.37. The van der Waals surface area contributed by atoms with Crippen LogP contribution in [0.15, 0.2) is 109 Å². The average molecular weight is 641 g/mol. The lowest BCUT2D eigenvalue weighted by molar-refractivity contribution is -0.133. The Balaban J connectivity index is 1.32. The molecule has 2 amide bonds. The maximum atomic E-state index is 14.4. The Morgan fingerprint density at radius 3 is 2.37 bits per heavy atom. The summed E-state index contributed by atoms with van der Waals surface area (Å²) in [6.45, 7) is -0.106. The molecule has 3 N–H and O–H groups in total. The van der Waals surface area contributed by atoms with Crippen molar-refractivity contribution in [2.75, 3.05) is 6.54 Å². The number of carbonyl (C=O) groups excluding carboxylic acids is 3. The van der Waals surface area contributed by atoms with E-state index < -0.39 is 50.4 Å². The van der Waals surface area contributed by atoms with Crippen LogP contribution in [0.3, 0.4) is 0 Å². The number of nitrogens with zero attached hydrogens (tertiary/aromatic N) is 2. The van der Waals surface area contributed by atoms with Crippen molar-refractivity contribution in [1.29, 1.82) is 0 Å². The van der Waals surface area contributed by atoms with Crippen LogP contribution in [0.4, 0.5) is 4.39 Å². The highest BCUT2D eigenvalue weighted by Gasteiger charge is 2.49. The lowest BCUT2D eigenvalue weighted by atomic mass is 10.0. The van der Waals surface area contributed by atoms with Crippen molar-refractivity contribution in [3.8, 4) is 16.9 Å². The van der Waals surface area contributed by atoms with Crippen LogP contribution < -0.4 is 10.6 Å². The molecule has 10 nitrogen and oxygen atoms in total. The summed E-state index contributed by atoms with van der Waals surface area (Å²) in [6.07, 6.45) is 1.05. The van der Waals surface area contributed by atoms with E-state index in [-0.39, 0.29) is 42.1 Å². The van der Waals surface area contributed by atoms with Crippen LogP contribution in [0.5, 0.6) is 5.75 Å². The van der Waals surface area contributed by atoms with Gasteiger partial charge >= 0.3 is 0 Å². The average Bonchev–Trinajstić information content (AvgIpc) is 3.63. The van der Waals surface area contributed by atoms with Crippen molar-refractivity contribution in [3.05, 3.63) is 131 Å². The summed E-state index contributed by atoms with van der Waals surface area (Å²) in [5.74, 6) is -3.39. The van der Waals surface area contributed by atoms with Crippen LogP contribution in [0.25, 0.3) is 11.1 Å². The summed E-state index contributed by atoms with van der Waals surface area (Å²) in [7, 11) is -4.23. The highest BCUT2D eigenvalue weighted by molar-refractivity contribution is 7.91. The van der Waals surface area contributed by atoms with E-state index in [4.69, 9.17) is 0 Å². The Hall–Kier alpha value is -5.36. The van der Waals surface area contributed by atoms with E-state index in [1.165, 1.54) is 42.6 Å². The van der Waals surface area contributed by atoms with Gasteiger partial charge in [-0.3, -0.25) is 24.3 Å². The first-order valence-corrected chi connectivity index (χ1v) is 16.2. The number of benzene rings is 3. The van der Waals surface area contributed by atoms with Crippen LogP contribution in [0, 0.1) is 5.82 Å². The second-order valence-electron chi connectivity index (χ2n) is 11.0. The smallest absolute Gasteiger partial charge is 0.251 e. The molecule has 0 saturated heterocycles. The Morgan fingerprint density at radius 1 is 0.978 bits per heavy atom. The van der Waals surface area contributed by atoms with Crippen molar-refractivity contribution in [1.82, 2.24) is 20.5 Å². The summed E-state index contributed by atoms with van der Waals surface area (Å²) in [4.78, 5) is 45.8. The number of sulfone groups is 1. The van der Waals surface area contributed by atoms with E-state index in [9.17, 15) is 32.3 Å². The third-order valence-corrected chi connectivity index (χ3v) is 9.87. The van der Waals surface area contributed by atoms with Gasteiger partial charge in [0.2, 0.25) is 0 Å². The van der Waals surface area contributed by atoms with E-state index in [2.05, 4.69) is 15.6 Å². The number of amides is 2. The van der Waals surface area contributed by atoms with E-state index >= 15 is 0 Å². The lowest BCUT2D eigenvalue weighted by Crippen LogP contribution is -2.53. The number of ketones is 1. The third-order valence-electron chi connectivity index (χ3n) is 7.99. The maximum absolute atomic E-state index is 14.4. The van der Waals surface area contributed by atoms with Crippen molar-refractivity contribution in [3.63, 3.8) is 0 Å². The molecule has 0 fully saturated rings. The number of nitrogens with one attached hydrogen (secondary N) is 2. The van der Waals surface area contributed by atoms with E-state index in [0.717, 1.165) is 16.0 Å². The molecule has 0 spiro atoms. The Labute approximate surface area is 264 Å². The zero-order chi connectivity index (χ0) is 32.4. The molecule has 3 heterocycles. The van der Waals surface area contributed by atoms with Crippen LogP contribution >= 0.6 is 0 Å². The molecule has 2 atom stereocenters. The molecule has 0 bridgehead atoms. The van der Waals surface area contributed by atoms with Gasteiger partial charge < -0.3 is 15.7 Å². The summed E-state index contributed by atoms with van der Waals surface area (Å²) in [5.41, 5.74) is 2.73. The number of aromatic nitrogens is 1. The molecule has 12 heteroatoms. The molecule has 46 heavy (non-hydrogen) atoms. The molecule has 0 saturated carbocycles. The van der Waals surface area contributed by atoms with Gasteiger partial charge in [-0.25, -0.2) is 12.8 Å². The van der Waals surface area contributed by atoms with Crippen molar-refractivity contribution < 1.29 is 32.3 Å². The fourth-order valence-corrected chi connectivity index (χ4v) is 7.41. The number of halogens is 1. The van der Waals surface area contributed by atoms with Gasteiger partial charge in [0.05, 0.1) is 18.0 Å². The second-order valence-corrected chi connectivity index (χ2v) is 13.2. The molecule has 4 aromatic rings. The number of carbonyl (C=O) groups is 3. The topological polar surface area (TPSA) is 146 Å². The first-order chi connectivity index (χ1) is 22.1. The molecule has 0 radical (unpaired) electrons. The molecule has 2 aliphatic rings. The van der Waals surface area contributed by atoms with Crippen LogP contribution in [-0.2, 0) is 31.6 Å². The van der Waals surface area contributed by atoms with Gasteiger partial charge in [-0.15, -0.1) is 0 Å². The number of hydrogen-bond acceptors (Lipinski definition) is 8. The molecule has 2 unspecified atom stereocenters. The van der Waals surface area contributed by atoms with E-state index in [1.54, 1.807) is 24.3 Å². The first-order valence-electron chi connectivity index (χ1n) is 14.5. The van der Waals surface area contributed by atoms with Crippen LogP contribution in [0.1, 0.15) is 28.0 Å². The predicted octanol–water partition coefficient (Wildman–Crippen LogP) is 3.49. The van der Waals surface area contributed by atoms with Gasteiger partial charge in [0.15, 0.2) is 15.6 Å². The summed E-state index contributed by atoms with van der Waals surface area (Å²) >= 11 is 0. The summed E-state index contributed by atoms with van der Waals surface area (Å²) in [5, 5.41) is 14.3. The lowest BCUT2D eigenvalue weighted by Gasteiger charge is -2.30. The number of pyridine rings is 1. The zero-order valence-corrected chi connectivity index (χ0v) is 25.2. The van der Waals surface area contributed by atoms with Gasteiger partial charge in [0.1, 0.15) is 28.7 Å².